The molecule has 1 heterocycles. The van der Waals surface area contributed by atoms with Crippen LogP contribution in [0.2, 0.25) is 0 Å². The zero-order chi connectivity index (χ0) is 7.78. The molecule has 0 saturated carbocycles. The second kappa shape index (κ2) is 2.18. The second-order valence-electron chi connectivity index (χ2n) is 2.09. The number of hydrogen-bond donors (Lipinski definition) is 0. The van der Waals surface area contributed by atoms with E-state index in [1.807, 2.05) is 0 Å². The third kappa shape index (κ3) is 1.25. The lowest BCUT2D eigenvalue weighted by molar-refractivity contribution is -0.107. The van der Waals surface area contributed by atoms with Crippen molar-refractivity contribution in [1.29, 1.82) is 0 Å². The van der Waals surface area contributed by atoms with Gasteiger partial charge in [-0.15, -0.1) is 0 Å². The zero-order valence-corrected chi connectivity index (χ0v) is 5.37. The van der Waals surface area contributed by atoms with Crippen molar-refractivity contribution in [3.8, 4) is 0 Å². The fraction of sp³-hybridized carbons (Fsp3) is 0.500. The van der Waals surface area contributed by atoms with Gasteiger partial charge in [-0.1, -0.05) is 0 Å². The number of allylic oxidation sites excluding steroid dienone is 1. The largest absolute Gasteiger partial charge is 0.430 e. The molecule has 0 saturated heterocycles. The van der Waals surface area contributed by atoms with Crippen LogP contribution in [0, 0.1) is 6.42 Å². The third-order valence-corrected chi connectivity index (χ3v) is 1.27. The van der Waals surface area contributed by atoms with Gasteiger partial charge < -0.3 is 4.90 Å². The maximum atomic E-state index is 11.9. The van der Waals surface area contributed by atoms with E-state index in [4.69, 9.17) is 0 Å². The predicted octanol–water partition coefficient (Wildman–Crippen LogP) is 1.46. The summed E-state index contributed by atoms with van der Waals surface area (Å²) in [5, 5.41) is 0. The summed E-state index contributed by atoms with van der Waals surface area (Å²) in [6, 6.07) is 0. The summed E-state index contributed by atoms with van der Waals surface area (Å²) in [5.74, 6) is 0. The highest BCUT2D eigenvalue weighted by Gasteiger charge is 2.37. The van der Waals surface area contributed by atoms with Crippen molar-refractivity contribution in [2.45, 2.75) is 6.18 Å². The summed E-state index contributed by atoms with van der Waals surface area (Å²) in [4.78, 5) is 1.11. The summed E-state index contributed by atoms with van der Waals surface area (Å²) in [6.07, 6.45) is -0.779. The molecule has 0 amide bonds. The Morgan fingerprint density at radius 3 is 2.40 bits per heavy atom. The van der Waals surface area contributed by atoms with Crippen molar-refractivity contribution in [2.75, 3.05) is 13.6 Å². The van der Waals surface area contributed by atoms with Crippen molar-refractivity contribution in [3.63, 3.8) is 0 Å². The molecule has 0 aromatic rings. The molecule has 0 N–H and O–H groups in total. The van der Waals surface area contributed by atoms with E-state index in [9.17, 15) is 13.2 Å². The SMILES string of the molecule is CN1C[C]C=C1C(F)(F)F. The van der Waals surface area contributed by atoms with Gasteiger partial charge in [0.1, 0.15) is 5.70 Å². The molecule has 0 atom stereocenters. The van der Waals surface area contributed by atoms with Crippen LogP contribution in [0.4, 0.5) is 13.2 Å². The second-order valence-corrected chi connectivity index (χ2v) is 2.09. The van der Waals surface area contributed by atoms with E-state index in [1.54, 1.807) is 0 Å². The highest BCUT2D eigenvalue weighted by Crippen LogP contribution is 2.30. The molecule has 1 aliphatic rings. The van der Waals surface area contributed by atoms with E-state index in [1.165, 1.54) is 7.05 Å². The predicted molar refractivity (Wildman–Crippen MR) is 30.0 cm³/mol. The molecule has 0 unspecified atom stereocenters. The van der Waals surface area contributed by atoms with Gasteiger partial charge in [-0.2, -0.15) is 13.2 Å². The highest BCUT2D eigenvalue weighted by atomic mass is 19.4. The number of nitrogens with zero attached hydrogens (tertiary/aromatic N) is 1. The molecule has 0 spiro atoms. The van der Waals surface area contributed by atoms with Gasteiger partial charge in [-0.25, -0.2) is 0 Å². The van der Waals surface area contributed by atoms with Crippen molar-refractivity contribution in [3.05, 3.63) is 18.2 Å². The van der Waals surface area contributed by atoms with Crippen LogP contribution in [0.25, 0.3) is 0 Å². The summed E-state index contributed by atoms with van der Waals surface area (Å²) in [6.45, 7) is 0.231. The maximum absolute atomic E-state index is 11.9. The van der Waals surface area contributed by atoms with E-state index in [0.29, 0.717) is 0 Å². The fourth-order valence-electron chi connectivity index (χ4n) is 0.773. The Bertz CT molecular complexity index is 159. The Morgan fingerprint density at radius 1 is 1.60 bits per heavy atom. The van der Waals surface area contributed by atoms with Gasteiger partial charge in [-0.3, -0.25) is 0 Å². The molecule has 1 rings (SSSR count). The molecule has 2 radical (unpaired) electrons. The molecular formula is C6H6F3N. The van der Waals surface area contributed by atoms with Crippen molar-refractivity contribution in [2.24, 2.45) is 0 Å². The van der Waals surface area contributed by atoms with Gasteiger partial charge in [0.25, 0.3) is 0 Å². The first-order chi connectivity index (χ1) is 4.52. The fourth-order valence-corrected chi connectivity index (χ4v) is 0.773. The molecule has 0 aromatic heterocycles. The summed E-state index contributed by atoms with van der Waals surface area (Å²) in [5.41, 5.74) is -0.618. The van der Waals surface area contributed by atoms with E-state index < -0.39 is 11.9 Å². The van der Waals surface area contributed by atoms with Crippen LogP contribution >= 0.6 is 0 Å². The van der Waals surface area contributed by atoms with Crippen LogP contribution in [0.3, 0.4) is 0 Å². The summed E-state index contributed by atoms with van der Waals surface area (Å²) >= 11 is 0. The molecule has 10 heavy (non-hydrogen) atoms. The Hall–Kier alpha value is -0.670. The van der Waals surface area contributed by atoms with Gasteiger partial charge >= 0.3 is 6.18 Å². The molecular weight excluding hydrogens is 143 g/mol. The van der Waals surface area contributed by atoms with Crippen LogP contribution in [0.5, 0.6) is 0 Å². The minimum atomic E-state index is -4.22. The minimum Gasteiger partial charge on any atom is -0.370 e. The lowest BCUT2D eigenvalue weighted by Gasteiger charge is -2.17. The lowest BCUT2D eigenvalue weighted by Crippen LogP contribution is -2.24. The lowest BCUT2D eigenvalue weighted by atomic mass is 10.4. The average Bonchev–Trinajstić information content (AvgIpc) is 2.11. The van der Waals surface area contributed by atoms with Crippen molar-refractivity contribution < 1.29 is 13.2 Å². The van der Waals surface area contributed by atoms with Gasteiger partial charge in [0.2, 0.25) is 0 Å². The first kappa shape index (κ1) is 7.44. The van der Waals surface area contributed by atoms with Gasteiger partial charge in [0.05, 0.1) is 0 Å². The minimum absolute atomic E-state index is 0.231. The molecule has 1 nitrogen and oxygen atoms in total. The van der Waals surface area contributed by atoms with E-state index in [0.717, 1.165) is 11.0 Å². The Kier molecular flexibility index (Phi) is 1.62. The topological polar surface area (TPSA) is 3.24 Å². The highest BCUT2D eigenvalue weighted by molar-refractivity contribution is 5.19. The van der Waals surface area contributed by atoms with Crippen molar-refractivity contribution in [1.82, 2.24) is 4.90 Å². The number of alkyl halides is 3. The Morgan fingerprint density at radius 2 is 2.20 bits per heavy atom. The van der Waals surface area contributed by atoms with E-state index in [2.05, 4.69) is 6.42 Å². The number of hydrogen-bond acceptors (Lipinski definition) is 1. The zero-order valence-electron chi connectivity index (χ0n) is 5.37. The first-order valence-electron chi connectivity index (χ1n) is 2.73. The number of halogens is 3. The van der Waals surface area contributed by atoms with Crippen molar-refractivity contribution >= 4 is 0 Å². The Labute approximate surface area is 57.1 Å². The Balaban J connectivity index is 2.72. The summed E-state index contributed by atoms with van der Waals surface area (Å²) < 4.78 is 35.6. The number of rotatable bonds is 0. The molecule has 1 aliphatic heterocycles. The quantitative estimate of drug-likeness (QED) is 0.504. The molecule has 0 bridgehead atoms. The van der Waals surface area contributed by atoms with E-state index in [-0.39, 0.29) is 6.54 Å². The molecule has 0 aliphatic carbocycles. The molecule has 4 heteroatoms. The van der Waals surface area contributed by atoms with Gasteiger partial charge in [-0.05, 0) is 6.08 Å². The average molecular weight is 149 g/mol. The van der Waals surface area contributed by atoms with Crippen LogP contribution in [-0.4, -0.2) is 24.7 Å². The smallest absolute Gasteiger partial charge is 0.370 e. The standard InChI is InChI=1S/C6H6F3N/c1-10-4-2-3-5(10)6(7,8)9/h3H,4H2,1H3. The normalized spacial score (nSPS) is 19.6. The van der Waals surface area contributed by atoms with E-state index >= 15 is 0 Å². The van der Waals surface area contributed by atoms with Crippen LogP contribution < -0.4 is 0 Å². The summed E-state index contributed by atoms with van der Waals surface area (Å²) in [7, 11) is 1.39. The molecule has 0 aromatic carbocycles. The molecule has 0 fully saturated rings. The van der Waals surface area contributed by atoms with Crippen LogP contribution in [0.1, 0.15) is 0 Å². The van der Waals surface area contributed by atoms with Gasteiger partial charge in [0.15, 0.2) is 0 Å². The van der Waals surface area contributed by atoms with Crippen LogP contribution in [0.15, 0.2) is 11.8 Å². The third-order valence-electron chi connectivity index (χ3n) is 1.27. The molecule has 56 valence electrons. The monoisotopic (exact) mass is 149 g/mol. The first-order valence-corrected chi connectivity index (χ1v) is 2.73. The van der Waals surface area contributed by atoms with Gasteiger partial charge in [0, 0.05) is 20.0 Å². The maximum Gasteiger partial charge on any atom is 0.430 e. The van der Waals surface area contributed by atoms with Crippen LogP contribution in [-0.2, 0) is 0 Å².